The summed E-state index contributed by atoms with van der Waals surface area (Å²) in [5.74, 6) is 0. The Balaban J connectivity index is 1.99. The summed E-state index contributed by atoms with van der Waals surface area (Å²) in [6.07, 6.45) is 0.900. The molecule has 0 unspecified atom stereocenters. The van der Waals surface area contributed by atoms with Crippen LogP contribution in [0.4, 0.5) is 5.69 Å². The minimum atomic E-state index is -3.69. The van der Waals surface area contributed by atoms with Crippen LogP contribution >= 0.6 is 11.6 Å². The summed E-state index contributed by atoms with van der Waals surface area (Å²) < 4.78 is 27.6. The molecule has 0 saturated carbocycles. The van der Waals surface area contributed by atoms with Gasteiger partial charge >= 0.3 is 0 Å². The zero-order valence-corrected chi connectivity index (χ0v) is 12.8. The van der Waals surface area contributed by atoms with Crippen molar-refractivity contribution in [2.45, 2.75) is 17.9 Å². The second kappa shape index (κ2) is 5.67. The highest BCUT2D eigenvalue weighted by Gasteiger charge is 2.20. The van der Waals surface area contributed by atoms with E-state index in [9.17, 15) is 8.42 Å². The SMILES string of the molecule is O=S(=O)(Nc1cccc2c1CNCC2)c1ccccc1Cl. The zero-order chi connectivity index (χ0) is 14.9. The lowest BCUT2D eigenvalue weighted by Gasteiger charge is -2.21. The van der Waals surface area contributed by atoms with Crippen LogP contribution in [0.15, 0.2) is 47.4 Å². The van der Waals surface area contributed by atoms with Crippen molar-refractivity contribution >= 4 is 27.3 Å². The van der Waals surface area contributed by atoms with Gasteiger partial charge in [-0.2, -0.15) is 0 Å². The topological polar surface area (TPSA) is 58.2 Å². The van der Waals surface area contributed by atoms with E-state index in [-0.39, 0.29) is 9.92 Å². The molecule has 1 aliphatic rings. The van der Waals surface area contributed by atoms with Crippen molar-refractivity contribution in [1.29, 1.82) is 0 Å². The van der Waals surface area contributed by atoms with Gasteiger partial charge in [0.2, 0.25) is 0 Å². The minimum absolute atomic E-state index is 0.0908. The largest absolute Gasteiger partial charge is 0.312 e. The molecule has 1 aliphatic heterocycles. The summed E-state index contributed by atoms with van der Waals surface area (Å²) >= 11 is 5.99. The first-order valence-corrected chi connectivity index (χ1v) is 8.53. The third kappa shape index (κ3) is 2.90. The first-order chi connectivity index (χ1) is 10.1. The van der Waals surface area contributed by atoms with Crippen molar-refractivity contribution in [3.8, 4) is 0 Å². The summed E-state index contributed by atoms with van der Waals surface area (Å²) in [7, 11) is -3.69. The Hall–Kier alpha value is -1.56. The molecule has 2 aromatic rings. The van der Waals surface area contributed by atoms with Crippen LogP contribution in [0.25, 0.3) is 0 Å². The zero-order valence-electron chi connectivity index (χ0n) is 11.3. The monoisotopic (exact) mass is 322 g/mol. The molecule has 2 aromatic carbocycles. The maximum absolute atomic E-state index is 12.5. The molecular weight excluding hydrogens is 308 g/mol. The number of sulfonamides is 1. The van der Waals surface area contributed by atoms with E-state index >= 15 is 0 Å². The van der Waals surface area contributed by atoms with Gasteiger partial charge in [-0.3, -0.25) is 4.72 Å². The molecule has 1 heterocycles. The fourth-order valence-electron chi connectivity index (χ4n) is 2.47. The van der Waals surface area contributed by atoms with Gasteiger partial charge in [0.15, 0.2) is 0 Å². The fourth-order valence-corrected chi connectivity index (χ4v) is 4.09. The Morgan fingerprint density at radius 2 is 1.90 bits per heavy atom. The highest BCUT2D eigenvalue weighted by Crippen LogP contribution is 2.27. The molecule has 0 aromatic heterocycles. The third-order valence-corrected chi connectivity index (χ3v) is 5.38. The lowest BCUT2D eigenvalue weighted by molar-refractivity contribution is 0.600. The van der Waals surface area contributed by atoms with Crippen molar-refractivity contribution in [2.75, 3.05) is 11.3 Å². The molecule has 0 spiro atoms. The van der Waals surface area contributed by atoms with Gasteiger partial charge in [-0.15, -0.1) is 0 Å². The average Bonchev–Trinajstić information content (AvgIpc) is 2.47. The van der Waals surface area contributed by atoms with Crippen LogP contribution in [0.1, 0.15) is 11.1 Å². The molecule has 21 heavy (non-hydrogen) atoms. The van der Waals surface area contributed by atoms with Crippen molar-refractivity contribution in [3.63, 3.8) is 0 Å². The Labute approximate surface area is 129 Å². The molecule has 4 nitrogen and oxygen atoms in total. The van der Waals surface area contributed by atoms with Crippen LogP contribution in [0.3, 0.4) is 0 Å². The number of benzene rings is 2. The fraction of sp³-hybridized carbons (Fsp3) is 0.200. The standard InChI is InChI=1S/C15H15ClN2O2S/c16-13-5-1-2-7-15(13)21(19,20)18-14-6-3-4-11-8-9-17-10-12(11)14/h1-7,17-18H,8-10H2. The van der Waals surface area contributed by atoms with Gasteiger partial charge in [0.25, 0.3) is 10.0 Å². The third-order valence-electron chi connectivity index (χ3n) is 3.52. The van der Waals surface area contributed by atoms with Crippen LogP contribution in [-0.2, 0) is 23.0 Å². The molecule has 6 heteroatoms. The van der Waals surface area contributed by atoms with E-state index in [1.54, 1.807) is 24.3 Å². The number of hydrogen-bond donors (Lipinski definition) is 2. The summed E-state index contributed by atoms with van der Waals surface area (Å²) in [5, 5.41) is 3.47. The van der Waals surface area contributed by atoms with Crippen molar-refractivity contribution in [3.05, 3.63) is 58.6 Å². The predicted molar refractivity (Wildman–Crippen MR) is 84.1 cm³/mol. The van der Waals surface area contributed by atoms with Crippen LogP contribution < -0.4 is 10.0 Å². The number of fused-ring (bicyclic) bond motifs is 1. The smallest absolute Gasteiger partial charge is 0.263 e. The first kappa shape index (κ1) is 14.4. The molecular formula is C15H15ClN2O2S. The Kier molecular flexibility index (Phi) is 3.89. The second-order valence-corrected chi connectivity index (χ2v) is 6.96. The van der Waals surface area contributed by atoms with Gasteiger partial charge in [-0.1, -0.05) is 35.9 Å². The second-order valence-electron chi connectivity index (χ2n) is 4.91. The molecule has 110 valence electrons. The van der Waals surface area contributed by atoms with Crippen LogP contribution in [-0.4, -0.2) is 15.0 Å². The van der Waals surface area contributed by atoms with Crippen LogP contribution in [0.2, 0.25) is 5.02 Å². The Bertz CT molecular complexity index is 775. The number of anilines is 1. The van der Waals surface area contributed by atoms with E-state index in [1.807, 2.05) is 12.1 Å². The van der Waals surface area contributed by atoms with Crippen molar-refractivity contribution in [2.24, 2.45) is 0 Å². The normalized spacial score (nSPS) is 14.5. The van der Waals surface area contributed by atoms with Crippen LogP contribution in [0.5, 0.6) is 0 Å². The molecule has 2 N–H and O–H groups in total. The lowest BCUT2D eigenvalue weighted by atomic mass is 10.00. The van der Waals surface area contributed by atoms with Gasteiger partial charge in [-0.25, -0.2) is 8.42 Å². The van der Waals surface area contributed by atoms with Crippen LogP contribution in [0, 0.1) is 0 Å². The molecule has 0 fully saturated rings. The molecule has 3 rings (SSSR count). The van der Waals surface area contributed by atoms with E-state index in [4.69, 9.17) is 11.6 Å². The van der Waals surface area contributed by atoms with E-state index in [2.05, 4.69) is 10.0 Å². The van der Waals surface area contributed by atoms with Gasteiger partial charge in [-0.05, 0) is 42.3 Å². The van der Waals surface area contributed by atoms with E-state index in [0.717, 1.165) is 18.5 Å². The molecule has 0 aliphatic carbocycles. The van der Waals surface area contributed by atoms with E-state index in [1.165, 1.54) is 11.6 Å². The summed E-state index contributed by atoms with van der Waals surface area (Å²) in [6.45, 7) is 1.57. The van der Waals surface area contributed by atoms with Gasteiger partial charge in [0.05, 0.1) is 10.7 Å². The summed E-state index contributed by atoms with van der Waals surface area (Å²) in [4.78, 5) is 0.0908. The quantitative estimate of drug-likeness (QED) is 0.913. The number of rotatable bonds is 3. The highest BCUT2D eigenvalue weighted by molar-refractivity contribution is 7.92. The molecule has 0 amide bonds. The van der Waals surface area contributed by atoms with Crippen molar-refractivity contribution in [1.82, 2.24) is 5.32 Å². The molecule has 0 saturated heterocycles. The molecule has 0 radical (unpaired) electrons. The van der Waals surface area contributed by atoms with Gasteiger partial charge in [0.1, 0.15) is 4.90 Å². The van der Waals surface area contributed by atoms with Crippen molar-refractivity contribution < 1.29 is 8.42 Å². The first-order valence-electron chi connectivity index (χ1n) is 6.67. The summed E-state index contributed by atoms with van der Waals surface area (Å²) in [5.41, 5.74) is 2.78. The van der Waals surface area contributed by atoms with E-state index < -0.39 is 10.0 Å². The number of nitrogens with one attached hydrogen (secondary N) is 2. The highest BCUT2D eigenvalue weighted by atomic mass is 35.5. The maximum atomic E-state index is 12.5. The van der Waals surface area contributed by atoms with Gasteiger partial charge in [0, 0.05) is 6.54 Å². The lowest BCUT2D eigenvalue weighted by Crippen LogP contribution is -2.25. The molecule has 0 bridgehead atoms. The molecule has 0 atom stereocenters. The summed E-state index contributed by atoms with van der Waals surface area (Å²) in [6, 6.07) is 12.1. The Morgan fingerprint density at radius 3 is 2.71 bits per heavy atom. The number of hydrogen-bond acceptors (Lipinski definition) is 3. The number of halogens is 1. The Morgan fingerprint density at radius 1 is 1.10 bits per heavy atom. The van der Waals surface area contributed by atoms with E-state index in [0.29, 0.717) is 12.2 Å². The maximum Gasteiger partial charge on any atom is 0.263 e. The predicted octanol–water partition coefficient (Wildman–Crippen LogP) is 2.79. The average molecular weight is 323 g/mol. The minimum Gasteiger partial charge on any atom is -0.312 e. The van der Waals surface area contributed by atoms with Gasteiger partial charge < -0.3 is 5.32 Å².